The predicted octanol–water partition coefficient (Wildman–Crippen LogP) is 3.55. The molecule has 0 spiro atoms. The van der Waals surface area contributed by atoms with Crippen molar-refractivity contribution in [1.29, 1.82) is 0 Å². The molecular formula is C29H43IN2O2. The third-order valence-corrected chi connectivity index (χ3v) is 6.63. The Bertz CT molecular complexity index is 1060. The Morgan fingerprint density at radius 2 is 1.65 bits per heavy atom. The van der Waals surface area contributed by atoms with Crippen molar-refractivity contribution in [2.45, 2.75) is 66.0 Å². The van der Waals surface area contributed by atoms with Crippen LogP contribution >= 0.6 is 0 Å². The number of likely N-dealkylation sites (N-methyl/N-ethyl adjacent to an activating group) is 1. The molecule has 0 radical (unpaired) electrons. The average Bonchev–Trinajstić information content (AvgIpc) is 3.13. The summed E-state index contributed by atoms with van der Waals surface area (Å²) in [4.78, 5) is 0. The van der Waals surface area contributed by atoms with Crippen LogP contribution in [0.3, 0.4) is 0 Å². The number of aliphatic hydroxyl groups is 1. The molecule has 5 heteroatoms. The molecule has 0 saturated carbocycles. The number of hydrogen-bond donors (Lipinski definition) is 1. The van der Waals surface area contributed by atoms with Crippen LogP contribution in [-0.2, 0) is 6.54 Å². The second kappa shape index (κ2) is 13.5. The molecule has 0 saturated heterocycles. The molecule has 3 rings (SSSR count). The number of nitrogens with zero attached hydrogens (tertiary/aromatic N) is 2. The van der Waals surface area contributed by atoms with Gasteiger partial charge in [0.2, 0.25) is 0 Å². The van der Waals surface area contributed by atoms with Gasteiger partial charge < -0.3 is 42.9 Å². The van der Waals surface area contributed by atoms with Crippen LogP contribution in [0.4, 0.5) is 0 Å². The Morgan fingerprint density at radius 3 is 2.29 bits per heavy atom. The first-order chi connectivity index (χ1) is 15.9. The molecule has 0 fully saturated rings. The minimum Gasteiger partial charge on any atom is -1.00 e. The van der Waals surface area contributed by atoms with Crippen LogP contribution in [-0.4, -0.2) is 53.5 Å². The van der Waals surface area contributed by atoms with Crippen molar-refractivity contribution in [2.75, 3.05) is 33.3 Å². The fourth-order valence-corrected chi connectivity index (χ4v) is 4.78. The molecule has 34 heavy (non-hydrogen) atoms. The maximum Gasteiger partial charge on any atom is 0.137 e. The summed E-state index contributed by atoms with van der Waals surface area (Å²) in [5, 5.41) is 13.3. The highest BCUT2D eigenvalue weighted by molar-refractivity contribution is 6.11. The fourth-order valence-electron chi connectivity index (χ4n) is 4.78. The van der Waals surface area contributed by atoms with Crippen molar-refractivity contribution in [1.82, 2.24) is 4.57 Å². The number of unbranched alkanes of at least 4 members (excludes halogenated alkanes) is 2. The molecule has 1 heterocycles. The van der Waals surface area contributed by atoms with E-state index in [1.54, 1.807) is 0 Å². The van der Waals surface area contributed by atoms with E-state index in [9.17, 15) is 5.11 Å². The maximum absolute atomic E-state index is 10.9. The fraction of sp³-hybridized carbons (Fsp3) is 0.517. The first-order valence-electron chi connectivity index (χ1n) is 12.7. The van der Waals surface area contributed by atoms with E-state index < -0.39 is 6.10 Å². The largest absolute Gasteiger partial charge is 1.00 e. The zero-order valence-electron chi connectivity index (χ0n) is 21.7. The summed E-state index contributed by atoms with van der Waals surface area (Å²) in [7, 11) is 2.28. The van der Waals surface area contributed by atoms with Gasteiger partial charge in [-0.3, -0.25) is 0 Å². The Labute approximate surface area is 223 Å². The number of fused-ring (bicyclic) bond motifs is 3. The number of allylic oxidation sites excluding steroid dienone is 2. The second-order valence-electron chi connectivity index (χ2n) is 9.98. The molecule has 0 aliphatic carbocycles. The van der Waals surface area contributed by atoms with Crippen molar-refractivity contribution in [3.8, 4) is 5.75 Å². The highest BCUT2D eigenvalue weighted by Crippen LogP contribution is 2.35. The summed E-state index contributed by atoms with van der Waals surface area (Å²) >= 11 is 0. The van der Waals surface area contributed by atoms with Crippen LogP contribution in [0.25, 0.3) is 21.8 Å². The number of para-hydroxylation sites is 1. The van der Waals surface area contributed by atoms with Gasteiger partial charge in [0.05, 0.1) is 25.7 Å². The monoisotopic (exact) mass is 578 g/mol. The van der Waals surface area contributed by atoms with Gasteiger partial charge in [-0.05, 0) is 44.9 Å². The SMILES string of the molecule is CCCC[N+](C)(CCCC)CC(O)COc1cccc2c1c1ccccc1n2CC=C(C)C.[I-]. The number of hydrogen-bond acceptors (Lipinski definition) is 2. The molecule has 0 aliphatic rings. The Hall–Kier alpha value is -1.57. The van der Waals surface area contributed by atoms with Crippen molar-refractivity contribution in [3.63, 3.8) is 0 Å². The van der Waals surface area contributed by atoms with Crippen LogP contribution in [0.5, 0.6) is 5.75 Å². The lowest BCUT2D eigenvalue weighted by molar-refractivity contribution is -0.912. The van der Waals surface area contributed by atoms with Gasteiger partial charge in [-0.15, -0.1) is 0 Å². The van der Waals surface area contributed by atoms with Crippen LogP contribution in [0.2, 0.25) is 0 Å². The predicted molar refractivity (Wildman–Crippen MR) is 141 cm³/mol. The zero-order chi connectivity index (χ0) is 23.8. The van der Waals surface area contributed by atoms with Crippen molar-refractivity contribution >= 4 is 21.8 Å². The lowest BCUT2D eigenvalue weighted by Crippen LogP contribution is -3.00. The summed E-state index contributed by atoms with van der Waals surface area (Å²) in [6, 6.07) is 14.8. The molecule has 188 valence electrons. The molecule has 1 atom stereocenters. The molecule has 0 aliphatic heterocycles. The molecule has 2 aromatic carbocycles. The van der Waals surface area contributed by atoms with Gasteiger partial charge >= 0.3 is 0 Å². The average molecular weight is 579 g/mol. The van der Waals surface area contributed by atoms with E-state index in [4.69, 9.17) is 4.74 Å². The van der Waals surface area contributed by atoms with Crippen molar-refractivity contribution < 1.29 is 38.3 Å². The number of quaternary nitrogens is 1. The molecule has 1 aromatic heterocycles. The molecular weight excluding hydrogens is 535 g/mol. The van der Waals surface area contributed by atoms with Gasteiger partial charge in [0.1, 0.15) is 25.0 Å². The zero-order valence-corrected chi connectivity index (χ0v) is 23.8. The molecule has 0 bridgehead atoms. The highest BCUT2D eigenvalue weighted by Gasteiger charge is 2.25. The van der Waals surface area contributed by atoms with E-state index in [1.807, 2.05) is 6.07 Å². The van der Waals surface area contributed by atoms with E-state index in [0.717, 1.165) is 41.8 Å². The normalized spacial score (nSPS) is 12.5. The first-order valence-corrected chi connectivity index (χ1v) is 12.7. The van der Waals surface area contributed by atoms with Gasteiger partial charge in [0, 0.05) is 22.8 Å². The highest BCUT2D eigenvalue weighted by atomic mass is 127. The van der Waals surface area contributed by atoms with E-state index in [1.165, 1.54) is 47.7 Å². The summed E-state index contributed by atoms with van der Waals surface area (Å²) in [6.45, 7) is 12.9. The summed E-state index contributed by atoms with van der Waals surface area (Å²) in [6.07, 6.45) is 6.53. The number of ether oxygens (including phenoxy) is 1. The van der Waals surface area contributed by atoms with Crippen molar-refractivity contribution in [3.05, 3.63) is 54.1 Å². The molecule has 4 nitrogen and oxygen atoms in total. The minimum absolute atomic E-state index is 0. The number of rotatable bonds is 13. The number of benzene rings is 2. The summed E-state index contributed by atoms with van der Waals surface area (Å²) < 4.78 is 9.56. The van der Waals surface area contributed by atoms with Crippen molar-refractivity contribution in [2.24, 2.45) is 0 Å². The number of aromatic nitrogens is 1. The first kappa shape index (κ1) is 28.7. The van der Waals surface area contributed by atoms with Gasteiger partial charge in [-0.25, -0.2) is 0 Å². The molecule has 3 aromatic rings. The lowest BCUT2D eigenvalue weighted by Gasteiger charge is -2.36. The summed E-state index contributed by atoms with van der Waals surface area (Å²) in [5.41, 5.74) is 3.70. The summed E-state index contributed by atoms with van der Waals surface area (Å²) in [5.74, 6) is 0.856. The van der Waals surface area contributed by atoms with E-state index in [2.05, 4.69) is 81.8 Å². The van der Waals surface area contributed by atoms with Crippen LogP contribution in [0.15, 0.2) is 54.1 Å². The lowest BCUT2D eigenvalue weighted by atomic mass is 10.1. The number of aliphatic hydroxyl groups excluding tert-OH is 1. The standard InChI is InChI=1S/C29H43N2O2.HI/c1-6-8-19-31(5,20-9-7-2)21-24(32)22-33-28-16-12-15-27-29(28)25-13-10-11-14-26(25)30(27)18-17-23(3)4;/h10-17,24,32H,6-9,18-22H2,1-5H3;1H/q+1;/p-1. The Balaban J connectivity index is 0.00000408. The third-order valence-electron chi connectivity index (χ3n) is 6.63. The topological polar surface area (TPSA) is 34.4 Å². The van der Waals surface area contributed by atoms with Gasteiger partial charge in [0.25, 0.3) is 0 Å². The maximum atomic E-state index is 10.9. The molecule has 0 amide bonds. The third kappa shape index (κ3) is 7.22. The second-order valence-corrected chi connectivity index (χ2v) is 9.98. The Morgan fingerprint density at radius 1 is 1.00 bits per heavy atom. The van der Waals surface area contributed by atoms with Gasteiger partial charge in [-0.1, -0.05) is 62.6 Å². The van der Waals surface area contributed by atoms with Crippen LogP contribution in [0.1, 0.15) is 53.4 Å². The molecule has 1 N–H and O–H groups in total. The van der Waals surface area contributed by atoms with Gasteiger partial charge in [0.15, 0.2) is 0 Å². The van der Waals surface area contributed by atoms with E-state index >= 15 is 0 Å². The quantitative estimate of drug-likeness (QED) is 0.191. The minimum atomic E-state index is -0.488. The van der Waals surface area contributed by atoms with Crippen LogP contribution < -0.4 is 28.7 Å². The van der Waals surface area contributed by atoms with E-state index in [0.29, 0.717) is 6.61 Å². The van der Waals surface area contributed by atoms with E-state index in [-0.39, 0.29) is 24.0 Å². The smallest absolute Gasteiger partial charge is 0.137 e. The van der Waals surface area contributed by atoms with Crippen LogP contribution in [0, 0.1) is 0 Å². The number of halogens is 1. The van der Waals surface area contributed by atoms with Gasteiger partial charge in [-0.2, -0.15) is 0 Å². The molecule has 1 unspecified atom stereocenters. The Kier molecular flexibility index (Phi) is 11.4.